The summed E-state index contributed by atoms with van der Waals surface area (Å²) >= 11 is 11.7. The molecule has 0 fully saturated rings. The van der Waals surface area contributed by atoms with E-state index in [9.17, 15) is 13.2 Å². The van der Waals surface area contributed by atoms with Gasteiger partial charge < -0.3 is 4.74 Å². The van der Waals surface area contributed by atoms with Crippen molar-refractivity contribution in [2.24, 2.45) is 0 Å². The van der Waals surface area contributed by atoms with Crippen LogP contribution in [0.15, 0.2) is 47.4 Å². The van der Waals surface area contributed by atoms with E-state index >= 15 is 0 Å². The Balaban J connectivity index is 2.21. The summed E-state index contributed by atoms with van der Waals surface area (Å²) in [6.45, 7) is 3.49. The molecule has 0 bridgehead atoms. The first-order chi connectivity index (χ1) is 11.2. The molecule has 0 saturated heterocycles. The van der Waals surface area contributed by atoms with Gasteiger partial charge >= 0.3 is 5.97 Å². The molecule has 0 aliphatic rings. The molecule has 8 heteroatoms. The first kappa shape index (κ1) is 18.6. The maximum Gasteiger partial charge on any atom is 0.338 e. The second kappa shape index (κ2) is 7.42. The van der Waals surface area contributed by atoms with E-state index in [1.54, 1.807) is 13.8 Å². The summed E-state index contributed by atoms with van der Waals surface area (Å²) in [5.41, 5.74) is 0.611. The van der Waals surface area contributed by atoms with Crippen molar-refractivity contribution in [3.63, 3.8) is 0 Å². The van der Waals surface area contributed by atoms with Crippen LogP contribution in [0.1, 0.15) is 24.2 Å². The highest BCUT2D eigenvalue weighted by atomic mass is 35.5. The smallest absolute Gasteiger partial charge is 0.338 e. The third-order valence-electron chi connectivity index (χ3n) is 2.90. The van der Waals surface area contributed by atoms with E-state index in [0.717, 1.165) is 0 Å². The molecule has 0 aliphatic heterocycles. The molecule has 24 heavy (non-hydrogen) atoms. The van der Waals surface area contributed by atoms with Crippen molar-refractivity contribution in [3.05, 3.63) is 58.1 Å². The van der Waals surface area contributed by atoms with E-state index < -0.39 is 16.0 Å². The molecule has 0 amide bonds. The third-order valence-corrected chi connectivity index (χ3v) is 5.00. The van der Waals surface area contributed by atoms with Gasteiger partial charge in [-0.25, -0.2) is 13.2 Å². The molecule has 0 saturated carbocycles. The molecule has 2 aromatic carbocycles. The minimum absolute atomic E-state index is 0.0593. The van der Waals surface area contributed by atoms with Crippen molar-refractivity contribution < 1.29 is 17.9 Å². The standard InChI is InChI=1S/C16H15Cl2NO4S/c1-10(2)23-16(20)11-3-6-13(7-4-11)19-24(21,22)15-9-12(17)5-8-14(15)18/h3-10,19H,1-2H3. The molecular weight excluding hydrogens is 373 g/mol. The minimum atomic E-state index is -3.90. The SMILES string of the molecule is CC(C)OC(=O)c1ccc(NS(=O)(=O)c2cc(Cl)ccc2Cl)cc1. The van der Waals surface area contributed by atoms with Crippen LogP contribution >= 0.6 is 23.2 Å². The van der Waals surface area contributed by atoms with Gasteiger partial charge in [-0.05, 0) is 56.3 Å². The number of carbonyl (C=O) groups is 1. The van der Waals surface area contributed by atoms with Crippen LogP contribution < -0.4 is 4.72 Å². The number of hydrogen-bond donors (Lipinski definition) is 1. The van der Waals surface area contributed by atoms with Crippen molar-refractivity contribution in [2.45, 2.75) is 24.8 Å². The second-order valence-electron chi connectivity index (χ2n) is 5.21. The zero-order valence-corrected chi connectivity index (χ0v) is 15.2. The van der Waals surface area contributed by atoms with Crippen LogP contribution in [0.2, 0.25) is 10.0 Å². The largest absolute Gasteiger partial charge is 0.459 e. The van der Waals surface area contributed by atoms with Crippen molar-refractivity contribution in [3.8, 4) is 0 Å². The summed E-state index contributed by atoms with van der Waals surface area (Å²) in [5, 5.41) is 0.315. The number of anilines is 1. The minimum Gasteiger partial charge on any atom is -0.459 e. The third kappa shape index (κ3) is 4.63. The van der Waals surface area contributed by atoms with Gasteiger partial charge in [0.1, 0.15) is 4.90 Å². The van der Waals surface area contributed by atoms with Crippen LogP contribution in [0.5, 0.6) is 0 Å². The van der Waals surface area contributed by atoms with Gasteiger partial charge in [0.25, 0.3) is 10.0 Å². The molecule has 2 aromatic rings. The van der Waals surface area contributed by atoms with Crippen LogP contribution in [0.4, 0.5) is 5.69 Å². The number of ether oxygens (including phenoxy) is 1. The molecule has 128 valence electrons. The van der Waals surface area contributed by atoms with Gasteiger partial charge in [-0.2, -0.15) is 0 Å². The van der Waals surface area contributed by atoms with E-state index in [2.05, 4.69) is 4.72 Å². The fraction of sp³-hybridized carbons (Fsp3) is 0.188. The molecule has 1 N–H and O–H groups in total. The fourth-order valence-electron chi connectivity index (χ4n) is 1.85. The lowest BCUT2D eigenvalue weighted by atomic mass is 10.2. The lowest BCUT2D eigenvalue weighted by molar-refractivity contribution is 0.0378. The normalized spacial score (nSPS) is 11.4. The number of rotatable bonds is 5. The lowest BCUT2D eigenvalue weighted by Crippen LogP contribution is -2.14. The molecule has 0 spiro atoms. The van der Waals surface area contributed by atoms with Crippen LogP contribution in [0.3, 0.4) is 0 Å². The average molecular weight is 388 g/mol. The zero-order valence-electron chi connectivity index (χ0n) is 12.9. The lowest BCUT2D eigenvalue weighted by Gasteiger charge is -2.11. The number of nitrogens with one attached hydrogen (secondary N) is 1. The molecule has 0 heterocycles. The van der Waals surface area contributed by atoms with E-state index in [1.807, 2.05) is 0 Å². The number of sulfonamides is 1. The first-order valence-electron chi connectivity index (χ1n) is 6.98. The van der Waals surface area contributed by atoms with Crippen LogP contribution in [0.25, 0.3) is 0 Å². The Morgan fingerprint density at radius 1 is 1.08 bits per heavy atom. The van der Waals surface area contributed by atoms with Gasteiger partial charge in [0.2, 0.25) is 0 Å². The molecule has 0 unspecified atom stereocenters. The monoisotopic (exact) mass is 387 g/mol. The molecule has 0 radical (unpaired) electrons. The zero-order chi connectivity index (χ0) is 17.9. The summed E-state index contributed by atoms with van der Waals surface area (Å²) in [6.07, 6.45) is -0.236. The van der Waals surface area contributed by atoms with Gasteiger partial charge in [-0.1, -0.05) is 23.2 Å². The maximum absolute atomic E-state index is 12.4. The summed E-state index contributed by atoms with van der Waals surface area (Å²) in [5.74, 6) is -0.475. The van der Waals surface area contributed by atoms with Gasteiger partial charge in [-0.3, -0.25) is 4.72 Å². The van der Waals surface area contributed by atoms with Crippen molar-refractivity contribution in [1.29, 1.82) is 0 Å². The predicted octanol–water partition coefficient (Wildman–Crippen LogP) is 4.36. The Bertz CT molecular complexity index is 849. The summed E-state index contributed by atoms with van der Waals surface area (Å²) in [7, 11) is -3.90. The van der Waals surface area contributed by atoms with Crippen molar-refractivity contribution in [1.82, 2.24) is 0 Å². The Morgan fingerprint density at radius 2 is 1.71 bits per heavy atom. The van der Waals surface area contributed by atoms with E-state index in [-0.39, 0.29) is 26.7 Å². The van der Waals surface area contributed by atoms with Crippen LogP contribution in [-0.2, 0) is 14.8 Å². The number of hydrogen-bond acceptors (Lipinski definition) is 4. The quantitative estimate of drug-likeness (QED) is 0.773. The van der Waals surface area contributed by atoms with Crippen molar-refractivity contribution >= 4 is 44.9 Å². The fourth-order valence-corrected chi connectivity index (χ4v) is 3.67. The summed E-state index contributed by atoms with van der Waals surface area (Å²) in [6, 6.07) is 10.0. The molecule has 0 aromatic heterocycles. The number of carbonyl (C=O) groups excluding carboxylic acids is 1. The topological polar surface area (TPSA) is 72.5 Å². The second-order valence-corrected chi connectivity index (χ2v) is 7.71. The highest BCUT2D eigenvalue weighted by molar-refractivity contribution is 7.92. The van der Waals surface area contributed by atoms with Gasteiger partial charge in [0.05, 0.1) is 16.7 Å². The number of halogens is 2. The Morgan fingerprint density at radius 3 is 2.29 bits per heavy atom. The van der Waals surface area contributed by atoms with Crippen LogP contribution in [0, 0.1) is 0 Å². The predicted molar refractivity (Wildman–Crippen MR) is 94.3 cm³/mol. The molecular formula is C16H15Cl2NO4S. The van der Waals surface area contributed by atoms with Gasteiger partial charge in [0, 0.05) is 10.7 Å². The Hall–Kier alpha value is -1.76. The molecule has 0 atom stereocenters. The van der Waals surface area contributed by atoms with E-state index in [0.29, 0.717) is 5.56 Å². The van der Waals surface area contributed by atoms with Crippen molar-refractivity contribution in [2.75, 3.05) is 4.72 Å². The maximum atomic E-state index is 12.4. The number of benzene rings is 2. The molecule has 5 nitrogen and oxygen atoms in total. The van der Waals surface area contributed by atoms with Gasteiger partial charge in [-0.15, -0.1) is 0 Å². The van der Waals surface area contributed by atoms with E-state index in [1.165, 1.54) is 42.5 Å². The average Bonchev–Trinajstić information content (AvgIpc) is 2.49. The highest BCUT2D eigenvalue weighted by Gasteiger charge is 2.19. The Kier molecular flexibility index (Phi) is 5.74. The number of esters is 1. The van der Waals surface area contributed by atoms with Gasteiger partial charge in [0.15, 0.2) is 0 Å². The van der Waals surface area contributed by atoms with Crippen LogP contribution in [-0.4, -0.2) is 20.5 Å². The van der Waals surface area contributed by atoms with E-state index in [4.69, 9.17) is 27.9 Å². The summed E-state index contributed by atoms with van der Waals surface area (Å²) in [4.78, 5) is 11.6. The Labute approximate surface area is 150 Å². The molecule has 2 rings (SSSR count). The highest BCUT2D eigenvalue weighted by Crippen LogP contribution is 2.27. The first-order valence-corrected chi connectivity index (χ1v) is 9.22. The summed E-state index contributed by atoms with van der Waals surface area (Å²) < 4.78 is 32.2. The molecule has 0 aliphatic carbocycles.